The van der Waals surface area contributed by atoms with Crippen LogP contribution in [0, 0.1) is 6.92 Å². The fourth-order valence-electron chi connectivity index (χ4n) is 0.974. The Morgan fingerprint density at radius 3 is 2.71 bits per heavy atom. The van der Waals surface area contributed by atoms with Crippen molar-refractivity contribution in [3.63, 3.8) is 0 Å². The lowest BCUT2D eigenvalue weighted by molar-refractivity contribution is -0.123. The first-order valence-corrected chi connectivity index (χ1v) is 5.39. The maximum atomic E-state index is 11.0. The van der Waals surface area contributed by atoms with E-state index in [-0.39, 0.29) is 5.91 Å². The summed E-state index contributed by atoms with van der Waals surface area (Å²) >= 11 is 1.69. The molecule has 1 aromatic heterocycles. The minimum atomic E-state index is -0.642. The van der Waals surface area contributed by atoms with Gasteiger partial charge in [0.05, 0.1) is 5.54 Å². The topological polar surface area (TPSA) is 55.1 Å². The number of hydrogen-bond donors (Lipinski definition) is 2. The molecule has 0 unspecified atom stereocenters. The fourth-order valence-corrected chi connectivity index (χ4v) is 1.82. The van der Waals surface area contributed by atoms with E-state index in [1.807, 2.05) is 5.38 Å². The van der Waals surface area contributed by atoms with Crippen LogP contribution in [0.5, 0.6) is 0 Å². The van der Waals surface area contributed by atoms with Crippen LogP contribution in [0.3, 0.4) is 0 Å². The van der Waals surface area contributed by atoms with Crippen molar-refractivity contribution < 1.29 is 4.79 Å². The largest absolute Gasteiger partial charge is 0.368 e. The molecule has 4 heteroatoms. The molecule has 0 radical (unpaired) electrons. The van der Waals surface area contributed by atoms with E-state index < -0.39 is 5.54 Å². The number of amides is 1. The van der Waals surface area contributed by atoms with E-state index in [1.54, 1.807) is 25.2 Å². The number of nitrogens with one attached hydrogen (secondary N) is 1. The zero-order valence-corrected chi connectivity index (χ0v) is 9.57. The first-order valence-electron chi connectivity index (χ1n) is 4.51. The van der Waals surface area contributed by atoms with E-state index in [0.29, 0.717) is 6.54 Å². The van der Waals surface area contributed by atoms with Gasteiger partial charge in [-0.3, -0.25) is 10.1 Å². The van der Waals surface area contributed by atoms with Gasteiger partial charge in [0.2, 0.25) is 5.91 Å². The minimum Gasteiger partial charge on any atom is -0.368 e. The molecule has 1 heterocycles. The Bertz CT molecular complexity index is 331. The average molecular weight is 212 g/mol. The van der Waals surface area contributed by atoms with Crippen LogP contribution in [0.2, 0.25) is 0 Å². The monoisotopic (exact) mass is 212 g/mol. The first-order chi connectivity index (χ1) is 6.43. The van der Waals surface area contributed by atoms with E-state index in [0.717, 1.165) is 0 Å². The highest BCUT2D eigenvalue weighted by Crippen LogP contribution is 2.16. The van der Waals surface area contributed by atoms with Crippen molar-refractivity contribution in [2.75, 3.05) is 0 Å². The van der Waals surface area contributed by atoms with E-state index in [1.165, 1.54) is 10.4 Å². The summed E-state index contributed by atoms with van der Waals surface area (Å²) in [5.41, 5.74) is 5.86. The normalized spacial score (nSPS) is 11.6. The number of thiophene rings is 1. The Morgan fingerprint density at radius 1 is 1.64 bits per heavy atom. The summed E-state index contributed by atoms with van der Waals surface area (Å²) < 4.78 is 0. The Labute approximate surface area is 88.3 Å². The molecule has 0 aliphatic rings. The molecule has 1 rings (SSSR count). The number of rotatable bonds is 4. The van der Waals surface area contributed by atoms with Crippen LogP contribution in [0.15, 0.2) is 11.4 Å². The number of hydrogen-bond acceptors (Lipinski definition) is 3. The van der Waals surface area contributed by atoms with Gasteiger partial charge in [-0.25, -0.2) is 0 Å². The van der Waals surface area contributed by atoms with Crippen molar-refractivity contribution in [2.24, 2.45) is 5.73 Å². The molecule has 0 bridgehead atoms. The molecule has 0 aliphatic carbocycles. The van der Waals surface area contributed by atoms with Crippen molar-refractivity contribution in [3.05, 3.63) is 21.9 Å². The number of nitrogens with two attached hydrogens (primary N) is 1. The van der Waals surface area contributed by atoms with Gasteiger partial charge in [0.25, 0.3) is 0 Å². The van der Waals surface area contributed by atoms with Gasteiger partial charge in [-0.05, 0) is 37.8 Å². The standard InChI is InChI=1S/C10H16N2OS/c1-7-4-5-14-8(7)6-12-10(2,3)9(11)13/h4-5,12H,6H2,1-3H3,(H2,11,13). The molecule has 0 saturated heterocycles. The summed E-state index contributed by atoms with van der Waals surface area (Å²) in [5.74, 6) is -0.327. The first kappa shape index (κ1) is 11.2. The van der Waals surface area contributed by atoms with E-state index in [9.17, 15) is 4.79 Å². The minimum absolute atomic E-state index is 0.327. The summed E-state index contributed by atoms with van der Waals surface area (Å²) in [6.07, 6.45) is 0. The van der Waals surface area contributed by atoms with Gasteiger partial charge < -0.3 is 5.73 Å². The Kier molecular flexibility index (Phi) is 3.29. The molecule has 0 fully saturated rings. The molecule has 3 nitrogen and oxygen atoms in total. The second kappa shape index (κ2) is 4.11. The lowest BCUT2D eigenvalue weighted by atomic mass is 10.1. The molecule has 0 spiro atoms. The average Bonchev–Trinajstić information content (AvgIpc) is 2.47. The van der Waals surface area contributed by atoms with Crippen LogP contribution in [0.4, 0.5) is 0 Å². The molecule has 0 atom stereocenters. The maximum Gasteiger partial charge on any atom is 0.237 e. The second-order valence-corrected chi connectivity index (χ2v) is 4.87. The van der Waals surface area contributed by atoms with E-state index >= 15 is 0 Å². The highest BCUT2D eigenvalue weighted by atomic mass is 32.1. The van der Waals surface area contributed by atoms with Crippen LogP contribution in [0.25, 0.3) is 0 Å². The fraction of sp³-hybridized carbons (Fsp3) is 0.500. The molecular weight excluding hydrogens is 196 g/mol. The predicted molar refractivity (Wildman–Crippen MR) is 59.2 cm³/mol. The maximum absolute atomic E-state index is 11.0. The van der Waals surface area contributed by atoms with Crippen molar-refractivity contribution in [1.82, 2.24) is 5.32 Å². The van der Waals surface area contributed by atoms with Gasteiger partial charge in [-0.15, -0.1) is 11.3 Å². The Hall–Kier alpha value is -0.870. The highest BCUT2D eigenvalue weighted by Gasteiger charge is 2.23. The highest BCUT2D eigenvalue weighted by molar-refractivity contribution is 7.10. The Balaban J connectivity index is 2.57. The van der Waals surface area contributed by atoms with Gasteiger partial charge in [-0.2, -0.15) is 0 Å². The predicted octanol–water partition coefficient (Wildman–Crippen LogP) is 1.41. The van der Waals surface area contributed by atoms with Gasteiger partial charge >= 0.3 is 0 Å². The lowest BCUT2D eigenvalue weighted by Gasteiger charge is -2.22. The van der Waals surface area contributed by atoms with Crippen LogP contribution >= 0.6 is 11.3 Å². The molecular formula is C10H16N2OS. The molecule has 1 amide bonds. The Morgan fingerprint density at radius 2 is 2.29 bits per heavy atom. The van der Waals surface area contributed by atoms with Crippen molar-refractivity contribution in [3.8, 4) is 0 Å². The second-order valence-electron chi connectivity index (χ2n) is 3.87. The van der Waals surface area contributed by atoms with Gasteiger partial charge in [0, 0.05) is 11.4 Å². The number of carbonyl (C=O) groups excluding carboxylic acids is 1. The quantitative estimate of drug-likeness (QED) is 0.793. The van der Waals surface area contributed by atoms with Crippen molar-refractivity contribution in [2.45, 2.75) is 32.9 Å². The summed E-state index contributed by atoms with van der Waals surface area (Å²) in [4.78, 5) is 12.3. The van der Waals surface area contributed by atoms with Crippen molar-refractivity contribution in [1.29, 1.82) is 0 Å². The zero-order valence-electron chi connectivity index (χ0n) is 8.76. The number of aryl methyl sites for hydroxylation is 1. The molecule has 14 heavy (non-hydrogen) atoms. The van der Waals surface area contributed by atoms with Crippen LogP contribution in [0.1, 0.15) is 24.3 Å². The van der Waals surface area contributed by atoms with Crippen molar-refractivity contribution >= 4 is 17.2 Å². The molecule has 0 aromatic carbocycles. The van der Waals surface area contributed by atoms with Gasteiger partial charge in [0.1, 0.15) is 0 Å². The third kappa shape index (κ3) is 2.56. The molecule has 78 valence electrons. The van der Waals surface area contributed by atoms with E-state index in [2.05, 4.69) is 18.3 Å². The third-order valence-electron chi connectivity index (χ3n) is 2.28. The number of primary amides is 1. The smallest absolute Gasteiger partial charge is 0.237 e. The van der Waals surface area contributed by atoms with Crippen LogP contribution < -0.4 is 11.1 Å². The van der Waals surface area contributed by atoms with Gasteiger partial charge in [0.15, 0.2) is 0 Å². The summed E-state index contributed by atoms with van der Waals surface area (Å²) in [6, 6.07) is 2.07. The van der Waals surface area contributed by atoms with Crippen LogP contribution in [-0.2, 0) is 11.3 Å². The zero-order chi connectivity index (χ0) is 10.8. The van der Waals surface area contributed by atoms with Crippen LogP contribution in [-0.4, -0.2) is 11.4 Å². The summed E-state index contributed by atoms with van der Waals surface area (Å²) in [5, 5.41) is 5.18. The molecule has 3 N–H and O–H groups in total. The number of carbonyl (C=O) groups is 1. The molecule has 0 saturated carbocycles. The van der Waals surface area contributed by atoms with E-state index in [4.69, 9.17) is 5.73 Å². The summed E-state index contributed by atoms with van der Waals surface area (Å²) in [6.45, 7) is 6.33. The summed E-state index contributed by atoms with van der Waals surface area (Å²) in [7, 11) is 0. The SMILES string of the molecule is Cc1ccsc1CNC(C)(C)C(N)=O. The van der Waals surface area contributed by atoms with Gasteiger partial charge in [-0.1, -0.05) is 0 Å². The lowest BCUT2D eigenvalue weighted by Crippen LogP contribution is -2.50. The third-order valence-corrected chi connectivity index (χ3v) is 3.30. The molecule has 0 aliphatic heterocycles. The molecule has 1 aromatic rings.